The molecule has 0 fully saturated rings. The molecule has 1 N–H and O–H groups in total. The van der Waals surface area contributed by atoms with Crippen molar-refractivity contribution in [2.45, 2.75) is 51.0 Å². The van der Waals surface area contributed by atoms with Crippen LogP contribution >= 0.6 is 11.3 Å². The normalized spacial score (nSPS) is 12.2. The zero-order valence-electron chi connectivity index (χ0n) is 17.7. The van der Waals surface area contributed by atoms with Crippen LogP contribution in [-0.2, 0) is 27.8 Å². The third kappa shape index (κ3) is 4.52. The lowest BCUT2D eigenvalue weighted by molar-refractivity contribution is -0.116. The zero-order chi connectivity index (χ0) is 22.1. The van der Waals surface area contributed by atoms with E-state index in [1.54, 1.807) is 18.2 Å². The van der Waals surface area contributed by atoms with Gasteiger partial charge in [0.2, 0.25) is 21.1 Å². The summed E-state index contributed by atoms with van der Waals surface area (Å²) in [5, 5.41) is 12.2. The van der Waals surface area contributed by atoms with Crippen molar-refractivity contribution in [3.05, 3.63) is 29.0 Å². The minimum absolute atomic E-state index is 0.160. The molecule has 0 saturated heterocycles. The molecule has 0 spiro atoms. The first-order chi connectivity index (χ1) is 14.1. The standard InChI is InChI=1S/C19H26N6O3S2/c1-6-25-15-8-7-13(30(27,28)24(4)5)11-14(15)20-16(25)9-10-17(26)21-19-23-22-18(29-19)12(2)3/h7-8,11-12H,6,9-10H2,1-5H3,(H,21,23,26). The van der Waals surface area contributed by atoms with Gasteiger partial charge in [0.25, 0.3) is 0 Å². The molecule has 2 aromatic heterocycles. The van der Waals surface area contributed by atoms with Crippen LogP contribution in [0.3, 0.4) is 0 Å². The molecule has 0 radical (unpaired) electrons. The lowest BCUT2D eigenvalue weighted by Crippen LogP contribution is -2.22. The van der Waals surface area contributed by atoms with Gasteiger partial charge in [-0.3, -0.25) is 4.79 Å². The van der Waals surface area contributed by atoms with Crippen molar-refractivity contribution < 1.29 is 13.2 Å². The van der Waals surface area contributed by atoms with Crippen LogP contribution in [0.2, 0.25) is 0 Å². The van der Waals surface area contributed by atoms with Gasteiger partial charge in [0.05, 0.1) is 15.9 Å². The Morgan fingerprint density at radius 3 is 2.60 bits per heavy atom. The predicted octanol–water partition coefficient (Wildman–Crippen LogP) is 2.85. The number of amides is 1. The minimum atomic E-state index is -3.53. The summed E-state index contributed by atoms with van der Waals surface area (Å²) in [6.07, 6.45) is 0.669. The molecule has 11 heteroatoms. The summed E-state index contributed by atoms with van der Waals surface area (Å²) in [4.78, 5) is 17.1. The van der Waals surface area contributed by atoms with Gasteiger partial charge < -0.3 is 9.88 Å². The number of aromatic nitrogens is 4. The zero-order valence-corrected chi connectivity index (χ0v) is 19.3. The second-order valence-electron chi connectivity index (χ2n) is 7.36. The van der Waals surface area contributed by atoms with Gasteiger partial charge in [-0.25, -0.2) is 17.7 Å². The van der Waals surface area contributed by atoms with Crippen LogP contribution in [-0.4, -0.2) is 52.5 Å². The van der Waals surface area contributed by atoms with E-state index in [1.165, 1.54) is 29.7 Å². The molecule has 0 aliphatic rings. The number of sulfonamides is 1. The fourth-order valence-corrected chi connectivity index (χ4v) is 4.68. The number of hydrogen-bond acceptors (Lipinski definition) is 7. The molecular formula is C19H26N6O3S2. The number of rotatable bonds is 8. The summed E-state index contributed by atoms with van der Waals surface area (Å²) in [5.41, 5.74) is 1.44. The number of hydrogen-bond donors (Lipinski definition) is 1. The van der Waals surface area contributed by atoms with E-state index in [2.05, 4.69) is 20.5 Å². The van der Waals surface area contributed by atoms with Crippen LogP contribution in [0.1, 0.15) is 43.9 Å². The van der Waals surface area contributed by atoms with E-state index in [9.17, 15) is 13.2 Å². The Labute approximate surface area is 180 Å². The van der Waals surface area contributed by atoms with Crippen molar-refractivity contribution in [2.24, 2.45) is 0 Å². The Morgan fingerprint density at radius 2 is 2.00 bits per heavy atom. The van der Waals surface area contributed by atoms with Crippen molar-refractivity contribution >= 4 is 43.4 Å². The summed E-state index contributed by atoms with van der Waals surface area (Å²) in [6, 6.07) is 4.93. The van der Waals surface area contributed by atoms with Gasteiger partial charge in [-0.2, -0.15) is 0 Å². The summed E-state index contributed by atoms with van der Waals surface area (Å²) in [5.74, 6) is 0.841. The van der Waals surface area contributed by atoms with E-state index in [0.29, 0.717) is 23.6 Å². The number of aryl methyl sites for hydroxylation is 2. The molecule has 3 rings (SSSR count). The fourth-order valence-electron chi connectivity index (χ4n) is 3.00. The summed E-state index contributed by atoms with van der Waals surface area (Å²) >= 11 is 1.37. The topological polar surface area (TPSA) is 110 Å². The first-order valence-corrected chi connectivity index (χ1v) is 11.9. The summed E-state index contributed by atoms with van der Waals surface area (Å²) in [6.45, 7) is 6.71. The smallest absolute Gasteiger partial charge is 0.242 e. The fraction of sp³-hybridized carbons (Fsp3) is 0.474. The lowest BCUT2D eigenvalue weighted by atomic mass is 10.2. The summed E-state index contributed by atoms with van der Waals surface area (Å²) in [7, 11) is -0.542. The van der Waals surface area contributed by atoms with E-state index in [-0.39, 0.29) is 23.1 Å². The largest absolute Gasteiger partial charge is 0.328 e. The number of carbonyl (C=O) groups is 1. The Bertz CT molecular complexity index is 1160. The van der Waals surface area contributed by atoms with Crippen LogP contribution in [0, 0.1) is 0 Å². The molecule has 162 valence electrons. The van der Waals surface area contributed by atoms with Crippen molar-refractivity contribution in [1.82, 2.24) is 24.1 Å². The van der Waals surface area contributed by atoms with E-state index < -0.39 is 10.0 Å². The van der Waals surface area contributed by atoms with Gasteiger partial charge in [-0.05, 0) is 25.1 Å². The van der Waals surface area contributed by atoms with Crippen molar-refractivity contribution in [1.29, 1.82) is 0 Å². The van der Waals surface area contributed by atoms with Gasteiger partial charge in [0.1, 0.15) is 10.8 Å². The number of anilines is 1. The second-order valence-corrected chi connectivity index (χ2v) is 10.5. The second kappa shape index (κ2) is 8.78. The van der Waals surface area contributed by atoms with E-state index in [1.807, 2.05) is 25.3 Å². The Morgan fingerprint density at radius 1 is 1.27 bits per heavy atom. The molecule has 0 unspecified atom stereocenters. The maximum Gasteiger partial charge on any atom is 0.242 e. The molecule has 0 saturated carbocycles. The van der Waals surface area contributed by atoms with Crippen molar-refractivity contribution in [3.8, 4) is 0 Å². The van der Waals surface area contributed by atoms with Gasteiger partial charge >= 0.3 is 0 Å². The molecule has 0 aliphatic carbocycles. The minimum Gasteiger partial charge on any atom is -0.328 e. The highest BCUT2D eigenvalue weighted by molar-refractivity contribution is 7.89. The maximum atomic E-state index is 12.4. The monoisotopic (exact) mass is 450 g/mol. The molecule has 0 atom stereocenters. The molecule has 1 aromatic carbocycles. The number of fused-ring (bicyclic) bond motifs is 1. The van der Waals surface area contributed by atoms with E-state index in [4.69, 9.17) is 0 Å². The average Bonchev–Trinajstić information content (AvgIpc) is 3.29. The molecule has 0 bridgehead atoms. The third-order valence-corrected chi connectivity index (χ3v) is 7.60. The third-order valence-electron chi connectivity index (χ3n) is 4.65. The number of nitrogens with one attached hydrogen (secondary N) is 1. The van der Waals surface area contributed by atoms with E-state index in [0.717, 1.165) is 16.3 Å². The van der Waals surface area contributed by atoms with Crippen LogP contribution < -0.4 is 5.32 Å². The van der Waals surface area contributed by atoms with Crippen molar-refractivity contribution in [2.75, 3.05) is 19.4 Å². The molecule has 0 aliphatic heterocycles. The Hall–Kier alpha value is -2.37. The lowest BCUT2D eigenvalue weighted by Gasteiger charge is -2.11. The first-order valence-electron chi connectivity index (χ1n) is 9.68. The van der Waals surface area contributed by atoms with Gasteiger partial charge in [0, 0.05) is 39.4 Å². The first kappa shape index (κ1) is 22.3. The maximum absolute atomic E-state index is 12.4. The molecule has 1 amide bonds. The van der Waals surface area contributed by atoms with Gasteiger partial charge in [-0.15, -0.1) is 10.2 Å². The van der Waals surface area contributed by atoms with Gasteiger partial charge in [-0.1, -0.05) is 25.2 Å². The highest BCUT2D eigenvalue weighted by Gasteiger charge is 2.20. The SMILES string of the molecule is CCn1c(CCC(=O)Nc2nnc(C(C)C)s2)nc2cc(S(=O)(=O)N(C)C)ccc21. The Kier molecular flexibility index (Phi) is 6.53. The molecule has 2 heterocycles. The highest BCUT2D eigenvalue weighted by Crippen LogP contribution is 2.24. The quantitative estimate of drug-likeness (QED) is 0.565. The predicted molar refractivity (Wildman–Crippen MR) is 117 cm³/mol. The molecule has 9 nitrogen and oxygen atoms in total. The van der Waals surface area contributed by atoms with Crippen LogP contribution in [0.4, 0.5) is 5.13 Å². The summed E-state index contributed by atoms with van der Waals surface area (Å²) < 4.78 is 28.0. The molecule has 30 heavy (non-hydrogen) atoms. The highest BCUT2D eigenvalue weighted by atomic mass is 32.2. The number of benzene rings is 1. The molecular weight excluding hydrogens is 424 g/mol. The van der Waals surface area contributed by atoms with Crippen LogP contribution in [0.15, 0.2) is 23.1 Å². The average molecular weight is 451 g/mol. The van der Waals surface area contributed by atoms with Gasteiger partial charge in [0.15, 0.2) is 0 Å². The Balaban J connectivity index is 1.77. The number of carbonyl (C=O) groups excluding carboxylic acids is 1. The number of imidazole rings is 1. The van der Waals surface area contributed by atoms with Crippen LogP contribution in [0.25, 0.3) is 11.0 Å². The number of nitrogens with zero attached hydrogens (tertiary/aromatic N) is 5. The van der Waals surface area contributed by atoms with E-state index >= 15 is 0 Å². The van der Waals surface area contributed by atoms with Crippen LogP contribution in [0.5, 0.6) is 0 Å². The van der Waals surface area contributed by atoms with Crippen molar-refractivity contribution in [3.63, 3.8) is 0 Å². The molecule has 3 aromatic rings.